The van der Waals surface area contributed by atoms with Crippen LogP contribution in [0.4, 0.5) is 5.69 Å². The number of aryl methyl sites for hydroxylation is 1. The molecule has 7 nitrogen and oxygen atoms in total. The highest BCUT2D eigenvalue weighted by atomic mass is 16.6. The molecule has 0 radical (unpaired) electrons. The fourth-order valence-electron chi connectivity index (χ4n) is 2.50. The third-order valence-electron chi connectivity index (χ3n) is 3.79. The van der Waals surface area contributed by atoms with Gasteiger partial charge in [-0.2, -0.15) is 0 Å². The smallest absolute Gasteiger partial charge is 0.269 e. The summed E-state index contributed by atoms with van der Waals surface area (Å²) in [5.41, 5.74) is 2.04. The largest absolute Gasteiger partial charge is 0.457 e. The zero-order chi connectivity index (χ0) is 18.0. The van der Waals surface area contributed by atoms with Crippen LogP contribution in [-0.2, 0) is 0 Å². The SMILES string of the molecule is CNC(=O)c1cc2c(Oc3ccc([N+](=O)[O-])cc3)ccnc2cc1C. The number of carbonyl (C=O) groups is 1. The molecule has 3 rings (SSSR count). The molecule has 1 heterocycles. The molecular formula is C18H15N3O4. The van der Waals surface area contributed by atoms with Crippen molar-refractivity contribution in [3.05, 3.63) is 69.9 Å². The Morgan fingerprint density at radius 3 is 2.56 bits per heavy atom. The Bertz CT molecular complexity index is 968. The van der Waals surface area contributed by atoms with Crippen LogP contribution in [0, 0.1) is 17.0 Å². The molecule has 0 saturated heterocycles. The van der Waals surface area contributed by atoms with Crippen LogP contribution in [0.3, 0.4) is 0 Å². The predicted octanol–water partition coefficient (Wildman–Crippen LogP) is 3.60. The van der Waals surface area contributed by atoms with E-state index in [1.165, 1.54) is 24.3 Å². The molecule has 1 N–H and O–H groups in total. The molecule has 0 aliphatic rings. The van der Waals surface area contributed by atoms with Crippen LogP contribution >= 0.6 is 0 Å². The molecule has 0 aliphatic heterocycles. The molecule has 1 aromatic heterocycles. The first-order chi connectivity index (χ1) is 12.0. The third-order valence-corrected chi connectivity index (χ3v) is 3.79. The molecule has 0 fully saturated rings. The number of amides is 1. The van der Waals surface area contributed by atoms with E-state index in [1.54, 1.807) is 25.4 Å². The van der Waals surface area contributed by atoms with Crippen molar-refractivity contribution in [2.75, 3.05) is 7.05 Å². The summed E-state index contributed by atoms with van der Waals surface area (Å²) >= 11 is 0. The topological polar surface area (TPSA) is 94.4 Å². The molecule has 0 unspecified atom stereocenters. The zero-order valence-electron chi connectivity index (χ0n) is 13.6. The monoisotopic (exact) mass is 337 g/mol. The average Bonchev–Trinajstić information content (AvgIpc) is 2.61. The lowest BCUT2D eigenvalue weighted by atomic mass is 10.0. The minimum Gasteiger partial charge on any atom is -0.457 e. The molecule has 0 aliphatic carbocycles. The zero-order valence-corrected chi connectivity index (χ0v) is 13.6. The minimum atomic E-state index is -0.468. The second-order valence-electron chi connectivity index (χ2n) is 5.43. The van der Waals surface area contributed by atoms with Gasteiger partial charge in [0.15, 0.2) is 0 Å². The van der Waals surface area contributed by atoms with Gasteiger partial charge in [-0.05, 0) is 42.8 Å². The van der Waals surface area contributed by atoms with E-state index in [-0.39, 0.29) is 11.6 Å². The molecule has 126 valence electrons. The molecule has 7 heteroatoms. The van der Waals surface area contributed by atoms with Crippen LogP contribution in [0.25, 0.3) is 10.9 Å². The van der Waals surface area contributed by atoms with Gasteiger partial charge >= 0.3 is 0 Å². The Labute approximate surface area is 143 Å². The number of pyridine rings is 1. The van der Waals surface area contributed by atoms with Crippen LogP contribution in [0.1, 0.15) is 15.9 Å². The quantitative estimate of drug-likeness (QED) is 0.580. The molecule has 25 heavy (non-hydrogen) atoms. The van der Waals surface area contributed by atoms with Gasteiger partial charge in [0.25, 0.3) is 11.6 Å². The Morgan fingerprint density at radius 1 is 1.20 bits per heavy atom. The summed E-state index contributed by atoms with van der Waals surface area (Å²) in [5, 5.41) is 14.0. The second-order valence-corrected chi connectivity index (χ2v) is 5.43. The first-order valence-electron chi connectivity index (χ1n) is 7.53. The molecule has 3 aromatic rings. The van der Waals surface area contributed by atoms with Gasteiger partial charge in [-0.15, -0.1) is 0 Å². The first-order valence-corrected chi connectivity index (χ1v) is 7.53. The van der Waals surface area contributed by atoms with Crippen LogP contribution < -0.4 is 10.1 Å². The van der Waals surface area contributed by atoms with Crippen molar-refractivity contribution < 1.29 is 14.5 Å². The number of nitro benzene ring substituents is 1. The number of non-ortho nitro benzene ring substituents is 1. The Kier molecular flexibility index (Phi) is 4.30. The maximum Gasteiger partial charge on any atom is 0.269 e. The number of hydrogen-bond donors (Lipinski definition) is 1. The summed E-state index contributed by atoms with van der Waals surface area (Å²) in [6, 6.07) is 11.0. The normalized spacial score (nSPS) is 10.5. The average molecular weight is 337 g/mol. The van der Waals surface area contributed by atoms with E-state index in [1.807, 2.05) is 13.0 Å². The molecule has 2 aromatic carbocycles. The highest BCUT2D eigenvalue weighted by Gasteiger charge is 2.13. The fraction of sp³-hybridized carbons (Fsp3) is 0.111. The lowest BCUT2D eigenvalue weighted by molar-refractivity contribution is -0.384. The van der Waals surface area contributed by atoms with Crippen molar-refractivity contribution >= 4 is 22.5 Å². The molecule has 0 atom stereocenters. The number of fused-ring (bicyclic) bond motifs is 1. The number of benzene rings is 2. The van der Waals surface area contributed by atoms with Crippen molar-refractivity contribution in [1.82, 2.24) is 10.3 Å². The van der Waals surface area contributed by atoms with E-state index in [4.69, 9.17) is 4.74 Å². The number of ether oxygens (including phenoxy) is 1. The van der Waals surface area contributed by atoms with Gasteiger partial charge in [0.1, 0.15) is 11.5 Å². The van der Waals surface area contributed by atoms with Gasteiger partial charge in [0.05, 0.1) is 10.4 Å². The van der Waals surface area contributed by atoms with Gasteiger partial charge in [-0.1, -0.05) is 0 Å². The van der Waals surface area contributed by atoms with Gasteiger partial charge < -0.3 is 10.1 Å². The van der Waals surface area contributed by atoms with Crippen LogP contribution in [-0.4, -0.2) is 22.9 Å². The van der Waals surface area contributed by atoms with E-state index in [9.17, 15) is 14.9 Å². The van der Waals surface area contributed by atoms with Crippen LogP contribution in [0.5, 0.6) is 11.5 Å². The summed E-state index contributed by atoms with van der Waals surface area (Å²) in [5.74, 6) is 0.786. The van der Waals surface area contributed by atoms with Gasteiger partial charge in [-0.25, -0.2) is 0 Å². The van der Waals surface area contributed by atoms with Crippen molar-refractivity contribution in [1.29, 1.82) is 0 Å². The Hall–Kier alpha value is -3.48. The fourth-order valence-corrected chi connectivity index (χ4v) is 2.50. The Morgan fingerprint density at radius 2 is 1.92 bits per heavy atom. The number of aromatic nitrogens is 1. The first kappa shape index (κ1) is 16.4. The number of rotatable bonds is 4. The van der Waals surface area contributed by atoms with Crippen LogP contribution in [0.2, 0.25) is 0 Å². The van der Waals surface area contributed by atoms with Crippen molar-refractivity contribution in [3.63, 3.8) is 0 Å². The van der Waals surface area contributed by atoms with Crippen molar-refractivity contribution in [2.45, 2.75) is 6.92 Å². The Balaban J connectivity index is 2.03. The lowest BCUT2D eigenvalue weighted by Gasteiger charge is -2.11. The van der Waals surface area contributed by atoms with Crippen molar-refractivity contribution in [3.8, 4) is 11.5 Å². The number of nitrogens with one attached hydrogen (secondary N) is 1. The van der Waals surface area contributed by atoms with E-state index >= 15 is 0 Å². The number of nitro groups is 1. The summed E-state index contributed by atoms with van der Waals surface area (Å²) < 4.78 is 5.84. The van der Waals surface area contributed by atoms with E-state index in [0.717, 1.165) is 5.56 Å². The van der Waals surface area contributed by atoms with Gasteiger partial charge in [0.2, 0.25) is 0 Å². The molecule has 1 amide bonds. The molecule has 0 spiro atoms. The van der Waals surface area contributed by atoms with Crippen molar-refractivity contribution in [2.24, 2.45) is 0 Å². The number of nitrogens with zero attached hydrogens (tertiary/aromatic N) is 2. The highest BCUT2D eigenvalue weighted by Crippen LogP contribution is 2.31. The minimum absolute atomic E-state index is 0.00976. The van der Waals surface area contributed by atoms with Crippen LogP contribution in [0.15, 0.2) is 48.7 Å². The standard InChI is InChI=1S/C18H15N3O4/c1-11-9-16-15(10-14(11)18(22)19-2)17(7-8-20-16)25-13-5-3-12(4-6-13)21(23)24/h3-10H,1-2H3,(H,19,22). The summed E-state index contributed by atoms with van der Waals surface area (Å²) in [7, 11) is 1.57. The lowest BCUT2D eigenvalue weighted by Crippen LogP contribution is -2.18. The second kappa shape index (κ2) is 6.56. The molecule has 0 bridgehead atoms. The number of hydrogen-bond acceptors (Lipinski definition) is 5. The molecular weight excluding hydrogens is 322 g/mol. The maximum absolute atomic E-state index is 12.0. The van der Waals surface area contributed by atoms with Gasteiger partial charge in [0, 0.05) is 36.3 Å². The van der Waals surface area contributed by atoms with E-state index < -0.39 is 4.92 Å². The predicted molar refractivity (Wildman–Crippen MR) is 93.0 cm³/mol. The van der Waals surface area contributed by atoms with E-state index in [2.05, 4.69) is 10.3 Å². The van der Waals surface area contributed by atoms with Gasteiger partial charge in [-0.3, -0.25) is 19.9 Å². The van der Waals surface area contributed by atoms with E-state index in [0.29, 0.717) is 28.0 Å². The number of carbonyl (C=O) groups excluding carboxylic acids is 1. The summed E-state index contributed by atoms with van der Waals surface area (Å²) in [4.78, 5) is 26.6. The maximum atomic E-state index is 12.0. The summed E-state index contributed by atoms with van der Waals surface area (Å²) in [6.07, 6.45) is 1.61. The highest BCUT2D eigenvalue weighted by molar-refractivity contribution is 6.00. The third kappa shape index (κ3) is 3.25. The molecule has 0 saturated carbocycles. The summed E-state index contributed by atoms with van der Waals surface area (Å²) in [6.45, 7) is 1.84.